The van der Waals surface area contributed by atoms with E-state index in [1.54, 1.807) is 47.4 Å². The molecule has 0 radical (unpaired) electrons. The molecule has 0 saturated heterocycles. The van der Waals surface area contributed by atoms with Crippen LogP contribution in [0.4, 0.5) is 5.69 Å². The second kappa shape index (κ2) is 17.2. The number of para-hydroxylation sites is 1. The number of benzene rings is 5. The predicted octanol–water partition coefficient (Wildman–Crippen LogP) is 8.07. The van der Waals surface area contributed by atoms with Crippen molar-refractivity contribution in [3.63, 3.8) is 0 Å². The summed E-state index contributed by atoms with van der Waals surface area (Å²) in [5.74, 6) is 0.422. The molecular formula is C43H45N3O5S. The predicted molar refractivity (Wildman–Crippen MR) is 205 cm³/mol. The molecule has 0 aliphatic heterocycles. The highest BCUT2D eigenvalue weighted by molar-refractivity contribution is 7.92. The number of carbonyl (C=O) groups is 2. The van der Waals surface area contributed by atoms with Gasteiger partial charge in [-0.05, 0) is 79.4 Å². The minimum absolute atomic E-state index is 0.0296. The quantitative estimate of drug-likeness (QED) is 0.126. The van der Waals surface area contributed by atoms with Gasteiger partial charge in [0.05, 0.1) is 10.6 Å². The van der Waals surface area contributed by atoms with Gasteiger partial charge in [0.1, 0.15) is 24.1 Å². The third kappa shape index (κ3) is 9.47. The molecule has 0 spiro atoms. The molecule has 5 aromatic carbocycles. The van der Waals surface area contributed by atoms with Crippen LogP contribution in [0.15, 0.2) is 144 Å². The van der Waals surface area contributed by atoms with Crippen LogP contribution >= 0.6 is 0 Å². The SMILES string of the molecule is Cc1cccc(CN(C(=O)CN(c2ccc(Oc3ccccc3)cc2)S(=O)(=O)c2ccccc2)[C@H](Cc2ccccc2)C(=O)NC2CCCCC2)c1. The first kappa shape index (κ1) is 36.4. The fraction of sp³-hybridized carbons (Fsp3) is 0.256. The molecule has 52 heavy (non-hydrogen) atoms. The van der Waals surface area contributed by atoms with Crippen molar-refractivity contribution in [2.24, 2.45) is 0 Å². The average molecular weight is 716 g/mol. The molecular weight excluding hydrogens is 671 g/mol. The number of aryl methyl sites for hydroxylation is 1. The number of rotatable bonds is 14. The number of nitrogens with one attached hydrogen (secondary N) is 1. The van der Waals surface area contributed by atoms with Crippen molar-refractivity contribution in [3.8, 4) is 11.5 Å². The second-order valence-electron chi connectivity index (χ2n) is 13.3. The zero-order valence-corrected chi connectivity index (χ0v) is 30.3. The van der Waals surface area contributed by atoms with Crippen LogP contribution in [-0.4, -0.2) is 43.8 Å². The third-order valence-electron chi connectivity index (χ3n) is 9.37. The van der Waals surface area contributed by atoms with Crippen molar-refractivity contribution >= 4 is 27.5 Å². The Morgan fingerprint density at radius 2 is 1.33 bits per heavy atom. The van der Waals surface area contributed by atoms with Crippen molar-refractivity contribution in [2.75, 3.05) is 10.8 Å². The van der Waals surface area contributed by atoms with Gasteiger partial charge in [-0.25, -0.2) is 8.42 Å². The Bertz CT molecular complexity index is 2020. The zero-order valence-electron chi connectivity index (χ0n) is 29.4. The highest BCUT2D eigenvalue weighted by Gasteiger charge is 2.35. The second-order valence-corrected chi connectivity index (χ2v) is 15.2. The zero-order chi connectivity index (χ0) is 36.3. The van der Waals surface area contributed by atoms with Gasteiger partial charge in [-0.15, -0.1) is 0 Å². The van der Waals surface area contributed by atoms with Gasteiger partial charge in [-0.3, -0.25) is 13.9 Å². The maximum absolute atomic E-state index is 14.8. The third-order valence-corrected chi connectivity index (χ3v) is 11.2. The van der Waals surface area contributed by atoms with E-state index in [-0.39, 0.29) is 29.8 Å². The summed E-state index contributed by atoms with van der Waals surface area (Å²) >= 11 is 0. The first-order valence-electron chi connectivity index (χ1n) is 17.9. The molecule has 5 aromatic rings. The minimum atomic E-state index is -4.22. The average Bonchev–Trinajstić information content (AvgIpc) is 3.17. The Hall–Kier alpha value is -5.41. The lowest BCUT2D eigenvalue weighted by molar-refractivity contribution is -0.140. The molecule has 1 fully saturated rings. The smallest absolute Gasteiger partial charge is 0.264 e. The summed E-state index contributed by atoms with van der Waals surface area (Å²) in [5.41, 5.74) is 3.05. The van der Waals surface area contributed by atoms with Gasteiger partial charge in [0, 0.05) is 19.0 Å². The van der Waals surface area contributed by atoms with Crippen LogP contribution in [0.5, 0.6) is 11.5 Å². The summed E-state index contributed by atoms with van der Waals surface area (Å²) in [6.45, 7) is 1.58. The number of sulfonamides is 1. The van der Waals surface area contributed by atoms with Gasteiger partial charge in [-0.1, -0.05) is 116 Å². The normalized spacial score (nSPS) is 13.9. The number of anilines is 1. The van der Waals surface area contributed by atoms with E-state index in [0.717, 1.165) is 53.1 Å². The molecule has 1 N–H and O–H groups in total. The van der Waals surface area contributed by atoms with Crippen molar-refractivity contribution in [2.45, 2.75) is 69.0 Å². The van der Waals surface area contributed by atoms with Gasteiger partial charge >= 0.3 is 0 Å². The van der Waals surface area contributed by atoms with E-state index >= 15 is 0 Å². The summed E-state index contributed by atoms with van der Waals surface area (Å²) < 4.78 is 35.8. The molecule has 0 bridgehead atoms. The number of ether oxygens (including phenoxy) is 1. The molecule has 8 nitrogen and oxygen atoms in total. The van der Waals surface area contributed by atoms with Crippen LogP contribution in [0, 0.1) is 6.92 Å². The first-order chi connectivity index (χ1) is 25.3. The number of hydrogen-bond acceptors (Lipinski definition) is 5. The molecule has 0 unspecified atom stereocenters. The summed E-state index contributed by atoms with van der Waals surface area (Å²) in [6, 6.07) is 40.6. The molecule has 0 heterocycles. The number of amides is 2. The molecule has 1 aliphatic rings. The highest BCUT2D eigenvalue weighted by atomic mass is 32.2. The van der Waals surface area contributed by atoms with Gasteiger partial charge in [-0.2, -0.15) is 0 Å². The van der Waals surface area contributed by atoms with Crippen LogP contribution < -0.4 is 14.4 Å². The Morgan fingerprint density at radius 1 is 0.731 bits per heavy atom. The number of hydrogen-bond donors (Lipinski definition) is 1. The molecule has 2 amide bonds. The van der Waals surface area contributed by atoms with E-state index in [0.29, 0.717) is 17.2 Å². The lowest BCUT2D eigenvalue weighted by Gasteiger charge is -2.35. The van der Waals surface area contributed by atoms with Crippen molar-refractivity contribution in [1.29, 1.82) is 0 Å². The van der Waals surface area contributed by atoms with Crippen LogP contribution in [-0.2, 0) is 32.6 Å². The molecule has 1 saturated carbocycles. The Labute approximate surface area is 307 Å². The van der Waals surface area contributed by atoms with Crippen LogP contribution in [0.25, 0.3) is 0 Å². The minimum Gasteiger partial charge on any atom is -0.457 e. The molecule has 6 rings (SSSR count). The molecule has 0 aromatic heterocycles. The first-order valence-corrected chi connectivity index (χ1v) is 19.3. The Morgan fingerprint density at radius 3 is 1.98 bits per heavy atom. The van der Waals surface area contributed by atoms with Gasteiger partial charge < -0.3 is 15.0 Å². The number of nitrogens with zero attached hydrogens (tertiary/aromatic N) is 2. The molecule has 268 valence electrons. The lowest BCUT2D eigenvalue weighted by Crippen LogP contribution is -2.55. The summed E-state index contributed by atoms with van der Waals surface area (Å²) in [6.07, 6.45) is 5.28. The Balaban J connectivity index is 1.38. The van der Waals surface area contributed by atoms with Crippen molar-refractivity contribution < 1.29 is 22.7 Å². The molecule has 1 aliphatic carbocycles. The van der Waals surface area contributed by atoms with Crippen LogP contribution in [0.2, 0.25) is 0 Å². The highest BCUT2D eigenvalue weighted by Crippen LogP contribution is 2.29. The van der Waals surface area contributed by atoms with Crippen LogP contribution in [0.1, 0.15) is 48.8 Å². The number of carbonyl (C=O) groups excluding carboxylic acids is 2. The topological polar surface area (TPSA) is 96.0 Å². The van der Waals surface area contributed by atoms with E-state index in [1.165, 1.54) is 12.1 Å². The Kier molecular flexibility index (Phi) is 12.0. The van der Waals surface area contributed by atoms with Crippen molar-refractivity contribution in [3.05, 3.63) is 156 Å². The standard InChI is InChI=1S/C43H45N3O5S/c1-33-15-14-18-35(29-33)31-45(41(30-34-16-6-2-7-17-34)43(48)44-36-19-8-3-9-20-36)42(47)32-46(52(49,50)40-23-12-5-13-24-40)37-25-27-39(28-26-37)51-38-21-10-4-11-22-38/h2,4-7,10-18,21-29,36,41H,3,8-9,19-20,30-32H2,1H3,(H,44,48)/t41-/m1/s1. The van der Waals surface area contributed by atoms with E-state index < -0.39 is 28.5 Å². The van der Waals surface area contributed by atoms with Gasteiger partial charge in [0.25, 0.3) is 10.0 Å². The largest absolute Gasteiger partial charge is 0.457 e. The van der Waals surface area contributed by atoms with Gasteiger partial charge in [0.2, 0.25) is 11.8 Å². The fourth-order valence-electron chi connectivity index (χ4n) is 6.66. The molecule has 1 atom stereocenters. The van der Waals surface area contributed by atoms with E-state index in [9.17, 15) is 18.0 Å². The fourth-order valence-corrected chi connectivity index (χ4v) is 8.09. The van der Waals surface area contributed by atoms with Crippen LogP contribution in [0.3, 0.4) is 0 Å². The van der Waals surface area contributed by atoms with E-state index in [4.69, 9.17) is 4.74 Å². The lowest BCUT2D eigenvalue weighted by atomic mass is 9.94. The summed E-state index contributed by atoms with van der Waals surface area (Å²) in [4.78, 5) is 30.8. The summed E-state index contributed by atoms with van der Waals surface area (Å²) in [7, 11) is -4.22. The summed E-state index contributed by atoms with van der Waals surface area (Å²) in [5, 5.41) is 3.26. The van der Waals surface area contributed by atoms with Gasteiger partial charge in [0.15, 0.2) is 0 Å². The van der Waals surface area contributed by atoms with Crippen molar-refractivity contribution in [1.82, 2.24) is 10.2 Å². The monoisotopic (exact) mass is 715 g/mol. The maximum Gasteiger partial charge on any atom is 0.264 e. The maximum atomic E-state index is 14.8. The van der Waals surface area contributed by atoms with E-state index in [2.05, 4.69) is 5.32 Å². The molecule has 9 heteroatoms. The van der Waals surface area contributed by atoms with E-state index in [1.807, 2.05) is 91.9 Å².